The van der Waals surface area contributed by atoms with Crippen LogP contribution in [0.2, 0.25) is 0 Å². The lowest BCUT2D eigenvalue weighted by Gasteiger charge is -2.37. The van der Waals surface area contributed by atoms with Crippen LogP contribution in [0.15, 0.2) is 59.5 Å². The molecule has 0 spiro atoms. The first-order chi connectivity index (χ1) is 11.0. The maximum Gasteiger partial charge on any atom is 0.219 e. The lowest BCUT2D eigenvalue weighted by molar-refractivity contribution is -0.918. The van der Waals surface area contributed by atoms with Gasteiger partial charge in [-0.15, -0.1) is 11.8 Å². The number of quaternary nitrogens is 1. The largest absolute Gasteiger partial charge is 0.316 e. The Morgan fingerprint density at radius 2 is 1.65 bits per heavy atom. The smallest absolute Gasteiger partial charge is 0.219 e. The molecule has 2 aromatic rings. The van der Waals surface area contributed by atoms with E-state index < -0.39 is 0 Å². The second-order valence-corrected chi connectivity index (χ2v) is 7.32. The lowest BCUT2D eigenvalue weighted by Crippen LogP contribution is -2.52. The van der Waals surface area contributed by atoms with Gasteiger partial charge in [-0.05, 0) is 18.4 Å². The molecule has 0 amide bonds. The van der Waals surface area contributed by atoms with E-state index in [2.05, 4.69) is 45.3 Å². The number of carbonyl (C=O) groups is 1. The summed E-state index contributed by atoms with van der Waals surface area (Å²) >= 11 is 1.70. The summed E-state index contributed by atoms with van der Waals surface area (Å²) in [6.07, 6.45) is 2.88. The molecule has 23 heavy (non-hydrogen) atoms. The van der Waals surface area contributed by atoms with Crippen molar-refractivity contribution in [3.63, 3.8) is 0 Å². The third-order valence-corrected chi connectivity index (χ3v) is 5.08. The summed E-state index contributed by atoms with van der Waals surface area (Å²) in [5, 5.41) is 0. The Morgan fingerprint density at radius 3 is 2.17 bits per heavy atom. The van der Waals surface area contributed by atoms with E-state index >= 15 is 0 Å². The molecule has 2 aromatic carbocycles. The van der Waals surface area contributed by atoms with Crippen LogP contribution in [0.1, 0.15) is 29.3 Å². The van der Waals surface area contributed by atoms with Crippen molar-refractivity contribution >= 4 is 17.5 Å². The molecule has 0 aromatic heterocycles. The highest BCUT2D eigenvalue weighted by Gasteiger charge is 2.34. The molecule has 2 nitrogen and oxygen atoms in total. The lowest BCUT2D eigenvalue weighted by atomic mass is 9.98. The summed E-state index contributed by atoms with van der Waals surface area (Å²) in [5.41, 5.74) is 2.08. The third kappa shape index (κ3) is 4.46. The van der Waals surface area contributed by atoms with Gasteiger partial charge in [-0.1, -0.05) is 49.4 Å². The van der Waals surface area contributed by atoms with Crippen molar-refractivity contribution in [1.29, 1.82) is 0 Å². The molecular formula is C20H26NOS+. The fourth-order valence-corrected chi connectivity index (χ4v) is 3.52. The SMILES string of the molecule is CCC(C(=O)c1ccc(SC)cc1)[N+](C)(C)Cc1ccccc1. The second-order valence-electron chi connectivity index (χ2n) is 6.44. The monoisotopic (exact) mass is 328 g/mol. The average molecular weight is 329 g/mol. The van der Waals surface area contributed by atoms with Crippen molar-refractivity contribution in [2.24, 2.45) is 0 Å². The minimum Gasteiger partial charge on any atom is -0.316 e. The van der Waals surface area contributed by atoms with Crippen LogP contribution >= 0.6 is 11.8 Å². The molecular weight excluding hydrogens is 302 g/mol. The molecule has 0 bridgehead atoms. The molecule has 122 valence electrons. The van der Waals surface area contributed by atoms with Crippen molar-refractivity contribution in [3.8, 4) is 0 Å². The maximum atomic E-state index is 13.0. The molecule has 1 atom stereocenters. The van der Waals surface area contributed by atoms with Crippen LogP contribution in [0.4, 0.5) is 0 Å². The summed E-state index contributed by atoms with van der Waals surface area (Å²) in [6.45, 7) is 2.96. The van der Waals surface area contributed by atoms with Gasteiger partial charge in [0, 0.05) is 22.4 Å². The van der Waals surface area contributed by atoms with Crippen LogP contribution in [-0.2, 0) is 6.54 Å². The first kappa shape index (κ1) is 17.8. The zero-order valence-electron chi connectivity index (χ0n) is 14.5. The van der Waals surface area contributed by atoms with Crippen LogP contribution < -0.4 is 0 Å². The van der Waals surface area contributed by atoms with Crippen LogP contribution in [0, 0.1) is 0 Å². The van der Waals surface area contributed by atoms with E-state index in [4.69, 9.17) is 0 Å². The van der Waals surface area contributed by atoms with Crippen LogP contribution in [0.25, 0.3) is 0 Å². The Labute approximate surface area is 144 Å². The standard InChI is InChI=1S/C20H26NOS/c1-5-19(20(22)17-11-13-18(23-4)14-12-17)21(2,3)15-16-9-7-6-8-10-16/h6-14,19H,5,15H2,1-4H3/q+1. The number of ketones is 1. The van der Waals surface area contributed by atoms with Crippen molar-refractivity contribution in [3.05, 3.63) is 65.7 Å². The summed E-state index contributed by atoms with van der Waals surface area (Å²) < 4.78 is 0.670. The van der Waals surface area contributed by atoms with E-state index in [9.17, 15) is 4.79 Å². The predicted molar refractivity (Wildman–Crippen MR) is 98.9 cm³/mol. The summed E-state index contributed by atoms with van der Waals surface area (Å²) in [5.74, 6) is 0.237. The van der Waals surface area contributed by atoms with Crippen molar-refractivity contribution in [1.82, 2.24) is 0 Å². The third-order valence-electron chi connectivity index (χ3n) is 4.34. The minimum absolute atomic E-state index is 0.0321. The van der Waals surface area contributed by atoms with Gasteiger partial charge in [-0.2, -0.15) is 0 Å². The molecule has 0 aliphatic rings. The van der Waals surface area contributed by atoms with Crippen LogP contribution in [0.5, 0.6) is 0 Å². The van der Waals surface area contributed by atoms with Gasteiger partial charge in [0.2, 0.25) is 5.78 Å². The molecule has 0 saturated carbocycles. The molecule has 0 aliphatic heterocycles. The molecule has 0 N–H and O–H groups in total. The number of hydrogen-bond acceptors (Lipinski definition) is 2. The average Bonchev–Trinajstić information content (AvgIpc) is 2.55. The van der Waals surface area contributed by atoms with Gasteiger partial charge in [0.1, 0.15) is 6.54 Å². The zero-order valence-corrected chi connectivity index (χ0v) is 15.3. The highest BCUT2D eigenvalue weighted by Crippen LogP contribution is 2.22. The Hall–Kier alpha value is -1.58. The van der Waals surface area contributed by atoms with E-state index in [-0.39, 0.29) is 11.8 Å². The highest BCUT2D eigenvalue weighted by molar-refractivity contribution is 7.98. The number of rotatable bonds is 7. The Balaban J connectivity index is 2.20. The number of hydrogen-bond donors (Lipinski definition) is 0. The van der Waals surface area contributed by atoms with Crippen molar-refractivity contribution in [2.45, 2.75) is 30.8 Å². The van der Waals surface area contributed by atoms with E-state index in [0.717, 1.165) is 18.5 Å². The Bertz CT molecular complexity index is 634. The number of likely N-dealkylation sites (N-methyl/N-ethyl adjacent to an activating group) is 1. The molecule has 0 saturated heterocycles. The van der Waals surface area contributed by atoms with E-state index in [0.29, 0.717) is 4.48 Å². The van der Waals surface area contributed by atoms with Gasteiger partial charge in [0.05, 0.1) is 14.1 Å². The van der Waals surface area contributed by atoms with Gasteiger partial charge < -0.3 is 4.48 Å². The fourth-order valence-electron chi connectivity index (χ4n) is 3.11. The van der Waals surface area contributed by atoms with Gasteiger partial charge >= 0.3 is 0 Å². The molecule has 0 aliphatic carbocycles. The Morgan fingerprint density at radius 1 is 1.04 bits per heavy atom. The number of thioether (sulfide) groups is 1. The number of nitrogens with zero attached hydrogens (tertiary/aromatic N) is 1. The minimum atomic E-state index is -0.0321. The van der Waals surface area contributed by atoms with Gasteiger partial charge in [-0.3, -0.25) is 4.79 Å². The Kier molecular flexibility index (Phi) is 6.03. The predicted octanol–water partition coefficient (Wildman–Crippen LogP) is 4.65. The van der Waals surface area contributed by atoms with Crippen molar-refractivity contribution in [2.75, 3.05) is 20.4 Å². The highest BCUT2D eigenvalue weighted by atomic mass is 32.2. The first-order valence-electron chi connectivity index (χ1n) is 8.02. The van der Waals surface area contributed by atoms with E-state index in [1.165, 1.54) is 10.5 Å². The second kappa shape index (κ2) is 7.80. The van der Waals surface area contributed by atoms with Gasteiger partial charge in [-0.25, -0.2) is 0 Å². The quantitative estimate of drug-likeness (QED) is 0.418. The van der Waals surface area contributed by atoms with Gasteiger partial charge in [0.25, 0.3) is 0 Å². The number of Topliss-reactive ketones (excluding diaryl/α,β-unsaturated/α-hetero) is 1. The molecule has 1 unspecified atom stereocenters. The summed E-state index contributed by atoms with van der Waals surface area (Å²) in [4.78, 5) is 14.2. The summed E-state index contributed by atoms with van der Waals surface area (Å²) in [6, 6.07) is 18.3. The fraction of sp³-hybridized carbons (Fsp3) is 0.350. The normalized spacial score (nSPS) is 12.9. The topological polar surface area (TPSA) is 17.1 Å². The number of benzene rings is 2. The van der Waals surface area contributed by atoms with Crippen molar-refractivity contribution < 1.29 is 9.28 Å². The molecule has 0 heterocycles. The molecule has 0 radical (unpaired) electrons. The van der Waals surface area contributed by atoms with Gasteiger partial charge in [0.15, 0.2) is 6.04 Å². The first-order valence-corrected chi connectivity index (χ1v) is 9.25. The number of carbonyl (C=O) groups excluding carboxylic acids is 1. The molecule has 3 heteroatoms. The zero-order chi connectivity index (χ0) is 16.9. The van der Waals surface area contributed by atoms with E-state index in [1.54, 1.807) is 11.8 Å². The van der Waals surface area contributed by atoms with Crippen LogP contribution in [0.3, 0.4) is 0 Å². The molecule has 0 fully saturated rings. The molecule has 2 rings (SSSR count). The van der Waals surface area contributed by atoms with Crippen LogP contribution in [-0.4, -0.2) is 36.7 Å². The summed E-state index contributed by atoms with van der Waals surface area (Å²) in [7, 11) is 4.30. The maximum absolute atomic E-state index is 13.0. The van der Waals surface area contributed by atoms with E-state index in [1.807, 2.05) is 36.6 Å².